The molecule has 0 aliphatic heterocycles. The molecule has 6 nitrogen and oxygen atoms in total. The molecule has 2 aromatic rings. The second-order valence-corrected chi connectivity index (χ2v) is 6.11. The van der Waals surface area contributed by atoms with Gasteiger partial charge in [-0.1, -0.05) is 54.6 Å². The van der Waals surface area contributed by atoms with Crippen molar-refractivity contribution in [3.63, 3.8) is 0 Å². The first-order valence-electron chi connectivity index (χ1n) is 8.66. The summed E-state index contributed by atoms with van der Waals surface area (Å²) in [6.07, 6.45) is 1.10. The lowest BCUT2D eigenvalue weighted by Gasteiger charge is -2.13. The zero-order valence-corrected chi connectivity index (χ0v) is 14.7. The molecule has 0 unspecified atom stereocenters. The van der Waals surface area contributed by atoms with Crippen molar-refractivity contribution in [3.8, 4) is 0 Å². The number of benzene rings is 2. The summed E-state index contributed by atoms with van der Waals surface area (Å²) in [6.45, 7) is 1.64. The van der Waals surface area contributed by atoms with E-state index in [0.717, 1.165) is 11.1 Å². The molecule has 138 valence electrons. The van der Waals surface area contributed by atoms with Crippen LogP contribution in [0.25, 0.3) is 0 Å². The molecule has 0 saturated carbocycles. The summed E-state index contributed by atoms with van der Waals surface area (Å²) in [5.74, 6) is -0.209. The van der Waals surface area contributed by atoms with Gasteiger partial charge in [0.15, 0.2) is 0 Å². The Hall–Kier alpha value is -2.19. The molecule has 2 rings (SSSR count). The van der Waals surface area contributed by atoms with Crippen LogP contribution in [0.2, 0.25) is 0 Å². The third kappa shape index (κ3) is 6.97. The first kappa shape index (κ1) is 20.1. The van der Waals surface area contributed by atoms with Gasteiger partial charge in [-0.05, 0) is 29.4 Å². The zero-order chi connectivity index (χ0) is 18.8. The number of nitrogens with two attached hydrogens (primary N) is 1. The normalized spacial score (nSPS) is 11.8. The maximum absolute atomic E-state index is 12.0. The Morgan fingerprint density at radius 3 is 2.42 bits per heavy atom. The van der Waals surface area contributed by atoms with Crippen molar-refractivity contribution in [2.45, 2.75) is 25.5 Å². The van der Waals surface area contributed by atoms with Crippen LogP contribution in [0.15, 0.2) is 54.6 Å². The lowest BCUT2D eigenvalue weighted by atomic mass is 9.80. The summed E-state index contributed by atoms with van der Waals surface area (Å²) in [5, 5.41) is 20.9. The molecule has 26 heavy (non-hydrogen) atoms. The van der Waals surface area contributed by atoms with Crippen molar-refractivity contribution in [1.29, 1.82) is 0 Å². The number of rotatable bonds is 10. The molecule has 0 heterocycles. The van der Waals surface area contributed by atoms with Crippen molar-refractivity contribution >= 4 is 18.5 Å². The van der Waals surface area contributed by atoms with Gasteiger partial charge < -0.3 is 25.8 Å². The number of hydrogen-bond acceptors (Lipinski definition) is 5. The highest BCUT2D eigenvalue weighted by Crippen LogP contribution is 2.02. The van der Waals surface area contributed by atoms with Crippen molar-refractivity contribution in [2.24, 2.45) is 5.73 Å². The molecule has 0 radical (unpaired) electrons. The first-order valence-corrected chi connectivity index (χ1v) is 8.66. The van der Waals surface area contributed by atoms with E-state index in [2.05, 4.69) is 5.32 Å². The summed E-state index contributed by atoms with van der Waals surface area (Å²) >= 11 is 0. The Morgan fingerprint density at radius 2 is 1.77 bits per heavy atom. The Morgan fingerprint density at radius 1 is 1.08 bits per heavy atom. The van der Waals surface area contributed by atoms with Gasteiger partial charge in [-0.15, -0.1) is 0 Å². The fraction of sp³-hybridized carbons (Fsp3) is 0.316. The van der Waals surface area contributed by atoms with E-state index in [1.807, 2.05) is 30.3 Å². The lowest BCUT2D eigenvalue weighted by Crippen LogP contribution is -2.42. The highest BCUT2D eigenvalue weighted by atomic mass is 16.5. The molecule has 0 fully saturated rings. The van der Waals surface area contributed by atoms with Gasteiger partial charge in [-0.2, -0.15) is 0 Å². The van der Waals surface area contributed by atoms with E-state index in [-0.39, 0.29) is 5.91 Å². The van der Waals surface area contributed by atoms with Gasteiger partial charge in [-0.25, -0.2) is 0 Å². The molecule has 1 amide bonds. The van der Waals surface area contributed by atoms with E-state index in [9.17, 15) is 4.79 Å². The Balaban J connectivity index is 1.61. The van der Waals surface area contributed by atoms with E-state index in [1.54, 1.807) is 24.3 Å². The molecule has 7 heteroatoms. The quantitative estimate of drug-likeness (QED) is 0.353. The van der Waals surface area contributed by atoms with Crippen molar-refractivity contribution < 1.29 is 19.6 Å². The highest BCUT2D eigenvalue weighted by molar-refractivity contribution is 6.58. The van der Waals surface area contributed by atoms with E-state index in [4.69, 9.17) is 20.5 Å². The topological polar surface area (TPSA) is 105 Å². The molecule has 0 saturated heterocycles. The average molecular weight is 356 g/mol. The minimum atomic E-state index is -1.50. The van der Waals surface area contributed by atoms with Gasteiger partial charge in [0.05, 0.1) is 12.6 Å². The Labute approximate surface area is 154 Å². The number of amides is 1. The van der Waals surface area contributed by atoms with Crippen LogP contribution in [0.5, 0.6) is 0 Å². The summed E-state index contributed by atoms with van der Waals surface area (Å²) < 4.78 is 5.56. The fourth-order valence-corrected chi connectivity index (χ4v) is 2.45. The van der Waals surface area contributed by atoms with E-state index >= 15 is 0 Å². The maximum Gasteiger partial charge on any atom is 0.488 e. The van der Waals surface area contributed by atoms with Crippen LogP contribution in [0.4, 0.5) is 0 Å². The van der Waals surface area contributed by atoms with Crippen LogP contribution in [-0.2, 0) is 22.6 Å². The third-order valence-corrected chi connectivity index (χ3v) is 3.95. The second-order valence-electron chi connectivity index (χ2n) is 6.11. The van der Waals surface area contributed by atoms with E-state index < -0.39 is 13.2 Å². The number of carbonyl (C=O) groups is 1. The second kappa shape index (κ2) is 10.7. The zero-order valence-electron chi connectivity index (χ0n) is 14.7. The maximum atomic E-state index is 12.0. The summed E-state index contributed by atoms with van der Waals surface area (Å²) in [6, 6.07) is 16.0. The molecule has 0 aliphatic rings. The minimum absolute atomic E-state index is 0.209. The van der Waals surface area contributed by atoms with Crippen LogP contribution in [0.3, 0.4) is 0 Å². The van der Waals surface area contributed by atoms with Crippen molar-refractivity contribution in [2.75, 3.05) is 13.2 Å². The molecule has 2 aromatic carbocycles. The highest BCUT2D eigenvalue weighted by Gasteiger charge is 2.15. The predicted molar refractivity (Wildman–Crippen MR) is 102 cm³/mol. The molecule has 0 spiro atoms. The van der Waals surface area contributed by atoms with Gasteiger partial charge in [0.2, 0.25) is 5.91 Å². The molecular weight excluding hydrogens is 331 g/mol. The van der Waals surface area contributed by atoms with Gasteiger partial charge in [-0.3, -0.25) is 4.79 Å². The van der Waals surface area contributed by atoms with E-state index in [0.29, 0.717) is 38.1 Å². The average Bonchev–Trinajstić information content (AvgIpc) is 2.65. The van der Waals surface area contributed by atoms with Crippen LogP contribution >= 0.6 is 0 Å². The van der Waals surface area contributed by atoms with Gasteiger partial charge in [0, 0.05) is 13.2 Å². The van der Waals surface area contributed by atoms with Crippen LogP contribution in [-0.4, -0.2) is 42.3 Å². The predicted octanol–water partition coefficient (Wildman–Crippen LogP) is -0.0407. The third-order valence-electron chi connectivity index (χ3n) is 3.95. The fourth-order valence-electron chi connectivity index (χ4n) is 2.45. The number of nitrogens with one attached hydrogen (secondary N) is 1. The molecule has 5 N–H and O–H groups in total. The van der Waals surface area contributed by atoms with Crippen LogP contribution < -0.4 is 16.5 Å². The van der Waals surface area contributed by atoms with Crippen LogP contribution in [0, 0.1) is 0 Å². The monoisotopic (exact) mass is 356 g/mol. The van der Waals surface area contributed by atoms with Gasteiger partial charge in [0.1, 0.15) is 0 Å². The first-order chi connectivity index (χ1) is 12.6. The largest absolute Gasteiger partial charge is 0.488 e. The number of ether oxygens (including phenoxy) is 1. The Bertz CT molecular complexity index is 665. The van der Waals surface area contributed by atoms with E-state index in [1.165, 1.54) is 0 Å². The van der Waals surface area contributed by atoms with Crippen molar-refractivity contribution in [1.82, 2.24) is 5.32 Å². The smallest absolute Gasteiger partial charge is 0.423 e. The Kier molecular flexibility index (Phi) is 8.31. The molecule has 0 bridgehead atoms. The minimum Gasteiger partial charge on any atom is -0.423 e. The SMILES string of the molecule is N[C@@H](Cc1ccc(B(O)O)cc1)C(=O)NCCCOCc1ccccc1. The molecule has 0 aromatic heterocycles. The number of hydrogen-bond donors (Lipinski definition) is 4. The standard InChI is InChI=1S/C19H25BN2O4/c21-18(13-15-7-9-17(10-8-15)20(24)25)19(23)22-11-4-12-26-14-16-5-2-1-3-6-16/h1-3,5-10,18,24-25H,4,11-14,21H2,(H,22,23)/t18-/m0/s1. The molecule has 0 aliphatic carbocycles. The molecule has 1 atom stereocenters. The molecular formula is C19H25BN2O4. The number of carbonyl (C=O) groups excluding carboxylic acids is 1. The van der Waals surface area contributed by atoms with Gasteiger partial charge in [0.25, 0.3) is 0 Å². The summed E-state index contributed by atoms with van der Waals surface area (Å²) in [5.41, 5.74) is 8.31. The summed E-state index contributed by atoms with van der Waals surface area (Å²) in [4.78, 5) is 12.0. The summed E-state index contributed by atoms with van der Waals surface area (Å²) in [7, 11) is -1.50. The van der Waals surface area contributed by atoms with Crippen LogP contribution in [0.1, 0.15) is 17.5 Å². The van der Waals surface area contributed by atoms with Crippen molar-refractivity contribution in [3.05, 3.63) is 65.7 Å². The lowest BCUT2D eigenvalue weighted by molar-refractivity contribution is -0.122. The van der Waals surface area contributed by atoms with Gasteiger partial charge >= 0.3 is 7.12 Å².